The Morgan fingerprint density at radius 3 is 2.65 bits per heavy atom. The average molecular weight is 310 g/mol. The van der Waals surface area contributed by atoms with Gasteiger partial charge in [0.05, 0.1) is 6.61 Å². The summed E-state index contributed by atoms with van der Waals surface area (Å²) >= 11 is 7.28. The van der Waals surface area contributed by atoms with Crippen LogP contribution >= 0.6 is 23.4 Å². The molecule has 5 nitrogen and oxygen atoms in total. The third-order valence-corrected chi connectivity index (χ3v) is 3.78. The first-order chi connectivity index (χ1) is 9.60. The third-order valence-electron chi connectivity index (χ3n) is 2.40. The van der Waals surface area contributed by atoms with Gasteiger partial charge in [-0.3, -0.25) is 4.79 Å². The topological polar surface area (TPSA) is 75.1 Å². The minimum absolute atomic E-state index is 0.115. The largest absolute Gasteiger partial charge is 0.391 e. The monoisotopic (exact) mass is 309 g/mol. The highest BCUT2D eigenvalue weighted by atomic mass is 35.5. The van der Waals surface area contributed by atoms with Crippen LogP contribution in [0, 0.1) is 0 Å². The zero-order chi connectivity index (χ0) is 14.5. The second-order valence-corrected chi connectivity index (χ2v) is 5.33. The van der Waals surface area contributed by atoms with Gasteiger partial charge in [0.15, 0.2) is 0 Å². The molecule has 7 heteroatoms. The van der Waals surface area contributed by atoms with Gasteiger partial charge >= 0.3 is 0 Å². The summed E-state index contributed by atoms with van der Waals surface area (Å²) in [6.07, 6.45) is 1.36. The summed E-state index contributed by atoms with van der Waals surface area (Å²) < 4.78 is 0. The molecule has 0 bridgehead atoms. The first kappa shape index (κ1) is 14.8. The Hall–Kier alpha value is -1.63. The molecule has 0 unspecified atom stereocenters. The fourth-order valence-electron chi connectivity index (χ4n) is 1.52. The lowest BCUT2D eigenvalue weighted by Crippen LogP contribution is -2.05. The zero-order valence-electron chi connectivity index (χ0n) is 10.6. The summed E-state index contributed by atoms with van der Waals surface area (Å²) in [6, 6.07) is 7.30. The molecule has 2 N–H and O–H groups in total. The number of carbonyl (C=O) groups is 1. The van der Waals surface area contributed by atoms with Crippen LogP contribution in [0.3, 0.4) is 0 Å². The Morgan fingerprint density at radius 2 is 2.05 bits per heavy atom. The van der Waals surface area contributed by atoms with E-state index < -0.39 is 0 Å². The van der Waals surface area contributed by atoms with Crippen molar-refractivity contribution in [1.29, 1.82) is 0 Å². The summed E-state index contributed by atoms with van der Waals surface area (Å²) in [5.74, 6) is -0.115. The molecule has 2 aromatic rings. The normalized spacial score (nSPS) is 10.3. The molecular formula is C13H12ClN3O2S. The molecule has 0 atom stereocenters. The van der Waals surface area contributed by atoms with Crippen molar-refractivity contribution in [2.45, 2.75) is 23.5 Å². The van der Waals surface area contributed by atoms with E-state index in [0.29, 0.717) is 10.6 Å². The Bertz CT molecular complexity index is 620. The van der Waals surface area contributed by atoms with Crippen LogP contribution in [-0.4, -0.2) is 21.0 Å². The Labute approximate surface area is 125 Å². The lowest BCUT2D eigenvalue weighted by molar-refractivity contribution is -0.114. The zero-order valence-corrected chi connectivity index (χ0v) is 12.2. The van der Waals surface area contributed by atoms with Crippen LogP contribution in [0.5, 0.6) is 0 Å². The van der Waals surface area contributed by atoms with E-state index in [1.807, 2.05) is 12.1 Å². The first-order valence-electron chi connectivity index (χ1n) is 5.76. The van der Waals surface area contributed by atoms with E-state index in [1.165, 1.54) is 25.0 Å². The van der Waals surface area contributed by atoms with Crippen LogP contribution in [0.2, 0.25) is 5.15 Å². The lowest BCUT2D eigenvalue weighted by Gasteiger charge is -2.07. The molecule has 104 valence electrons. The molecule has 1 amide bonds. The molecule has 0 saturated heterocycles. The van der Waals surface area contributed by atoms with Gasteiger partial charge in [0.25, 0.3) is 0 Å². The number of aromatic nitrogens is 2. The minimum Gasteiger partial charge on any atom is -0.391 e. The van der Waals surface area contributed by atoms with E-state index in [0.717, 1.165) is 10.6 Å². The maximum atomic E-state index is 10.9. The van der Waals surface area contributed by atoms with Crippen LogP contribution in [0.15, 0.2) is 40.5 Å². The second kappa shape index (κ2) is 6.69. The van der Waals surface area contributed by atoms with Gasteiger partial charge in [0.2, 0.25) is 5.91 Å². The number of benzene rings is 1. The van der Waals surface area contributed by atoms with E-state index in [-0.39, 0.29) is 17.7 Å². The van der Waals surface area contributed by atoms with Gasteiger partial charge in [-0.25, -0.2) is 9.97 Å². The number of nitrogens with zero attached hydrogens (tertiary/aromatic N) is 2. The van der Waals surface area contributed by atoms with E-state index in [9.17, 15) is 9.90 Å². The van der Waals surface area contributed by atoms with Crippen molar-refractivity contribution >= 4 is 35.0 Å². The number of halogens is 1. The van der Waals surface area contributed by atoms with E-state index in [2.05, 4.69) is 15.3 Å². The predicted octanol–water partition coefficient (Wildman–Crippen LogP) is 2.73. The average Bonchev–Trinajstić information content (AvgIpc) is 2.41. The van der Waals surface area contributed by atoms with Crippen LogP contribution in [0.1, 0.15) is 12.5 Å². The molecular weight excluding hydrogens is 298 g/mol. The molecule has 2 rings (SSSR count). The number of anilines is 1. The molecule has 0 aliphatic rings. The van der Waals surface area contributed by atoms with E-state index in [4.69, 9.17) is 11.6 Å². The van der Waals surface area contributed by atoms with Gasteiger partial charge in [-0.05, 0) is 24.3 Å². The number of amides is 1. The van der Waals surface area contributed by atoms with Gasteiger partial charge in [-0.1, -0.05) is 23.4 Å². The number of rotatable bonds is 4. The SMILES string of the molecule is CC(=O)Nc1ccc(Sc2ncnc(Cl)c2CO)cc1. The van der Waals surface area contributed by atoms with Crippen molar-refractivity contribution in [1.82, 2.24) is 9.97 Å². The van der Waals surface area contributed by atoms with Crippen LogP contribution in [0.25, 0.3) is 0 Å². The minimum atomic E-state index is -0.216. The number of hydrogen-bond donors (Lipinski definition) is 2. The van der Waals surface area contributed by atoms with Crippen molar-refractivity contribution in [3.8, 4) is 0 Å². The van der Waals surface area contributed by atoms with Crippen molar-refractivity contribution in [2.75, 3.05) is 5.32 Å². The van der Waals surface area contributed by atoms with Gasteiger partial charge in [-0.2, -0.15) is 0 Å². The molecule has 0 aliphatic heterocycles. The summed E-state index contributed by atoms with van der Waals surface area (Å²) in [4.78, 5) is 19.8. The van der Waals surface area contributed by atoms with Crippen LogP contribution in [-0.2, 0) is 11.4 Å². The maximum absolute atomic E-state index is 10.9. The number of aliphatic hydroxyl groups is 1. The molecule has 0 radical (unpaired) electrons. The number of aliphatic hydroxyl groups excluding tert-OH is 1. The van der Waals surface area contributed by atoms with Crippen molar-refractivity contribution in [3.63, 3.8) is 0 Å². The molecule has 1 aromatic carbocycles. The summed E-state index contributed by atoms with van der Waals surface area (Å²) in [5.41, 5.74) is 1.23. The fourth-order valence-corrected chi connectivity index (χ4v) is 2.65. The number of hydrogen-bond acceptors (Lipinski definition) is 5. The lowest BCUT2D eigenvalue weighted by atomic mass is 10.3. The van der Waals surface area contributed by atoms with Crippen molar-refractivity contribution < 1.29 is 9.90 Å². The molecule has 1 heterocycles. The smallest absolute Gasteiger partial charge is 0.221 e. The van der Waals surface area contributed by atoms with Gasteiger partial charge < -0.3 is 10.4 Å². The molecule has 0 spiro atoms. The summed E-state index contributed by atoms with van der Waals surface area (Å²) in [6.45, 7) is 1.24. The molecule has 0 saturated carbocycles. The van der Waals surface area contributed by atoms with Crippen LogP contribution in [0.4, 0.5) is 5.69 Å². The summed E-state index contributed by atoms with van der Waals surface area (Å²) in [5, 5.41) is 12.8. The highest BCUT2D eigenvalue weighted by molar-refractivity contribution is 7.99. The molecule has 20 heavy (non-hydrogen) atoms. The Balaban J connectivity index is 2.18. The Kier molecular flexibility index (Phi) is 4.94. The summed E-state index contributed by atoms with van der Waals surface area (Å²) in [7, 11) is 0. The van der Waals surface area contributed by atoms with Gasteiger partial charge in [0.1, 0.15) is 16.5 Å². The molecule has 0 aliphatic carbocycles. The predicted molar refractivity (Wildman–Crippen MR) is 77.8 cm³/mol. The molecule has 1 aromatic heterocycles. The standard InChI is InChI=1S/C13H12ClN3O2S/c1-8(19)17-9-2-4-10(5-3-9)20-13-11(6-18)12(14)15-7-16-13/h2-5,7,18H,6H2,1H3,(H,17,19). The quantitative estimate of drug-likeness (QED) is 0.849. The van der Waals surface area contributed by atoms with Crippen molar-refractivity contribution in [3.05, 3.63) is 41.3 Å². The third kappa shape index (κ3) is 3.69. The number of carbonyl (C=O) groups excluding carboxylic acids is 1. The highest BCUT2D eigenvalue weighted by Gasteiger charge is 2.10. The maximum Gasteiger partial charge on any atom is 0.221 e. The molecule has 0 fully saturated rings. The van der Waals surface area contributed by atoms with Gasteiger partial charge in [0, 0.05) is 23.1 Å². The van der Waals surface area contributed by atoms with Crippen LogP contribution < -0.4 is 5.32 Å². The van der Waals surface area contributed by atoms with E-state index >= 15 is 0 Å². The second-order valence-electron chi connectivity index (χ2n) is 3.91. The number of nitrogens with one attached hydrogen (secondary N) is 1. The Morgan fingerprint density at radius 1 is 1.35 bits per heavy atom. The van der Waals surface area contributed by atoms with Gasteiger partial charge in [-0.15, -0.1) is 0 Å². The highest BCUT2D eigenvalue weighted by Crippen LogP contribution is 2.31. The fraction of sp³-hybridized carbons (Fsp3) is 0.154. The first-order valence-corrected chi connectivity index (χ1v) is 6.95. The van der Waals surface area contributed by atoms with Crippen molar-refractivity contribution in [2.24, 2.45) is 0 Å². The van der Waals surface area contributed by atoms with E-state index in [1.54, 1.807) is 12.1 Å².